The minimum Gasteiger partial charge on any atom is -0.492 e. The number of hydrogen-bond acceptors (Lipinski definition) is 3. The zero-order chi connectivity index (χ0) is 16.2. The minimum absolute atomic E-state index is 0.116. The molecular formula is C17H20FN3O2. The molecule has 122 valence electrons. The Labute approximate surface area is 134 Å². The van der Waals surface area contributed by atoms with Gasteiger partial charge in [-0.05, 0) is 25.0 Å². The first kappa shape index (κ1) is 15.5. The summed E-state index contributed by atoms with van der Waals surface area (Å²) in [7, 11) is 1.72. The standard InChI is InChI=1S/C17H20FN3O2/c1-20(9-10-23-14-6-4-5-13(18)11-14)17(22)15-12-21-8-3-2-7-16(21)19-15/h4-6,11-12H,2-3,7-10H2,1H3. The second-order valence-corrected chi connectivity index (χ2v) is 5.73. The largest absolute Gasteiger partial charge is 0.492 e. The average Bonchev–Trinajstić information content (AvgIpc) is 2.98. The van der Waals surface area contributed by atoms with E-state index in [1.54, 1.807) is 24.1 Å². The molecule has 6 heteroatoms. The summed E-state index contributed by atoms with van der Waals surface area (Å²) >= 11 is 0. The molecule has 2 heterocycles. The summed E-state index contributed by atoms with van der Waals surface area (Å²) in [6, 6.07) is 5.97. The molecule has 1 aromatic carbocycles. The second-order valence-electron chi connectivity index (χ2n) is 5.73. The Morgan fingerprint density at radius 2 is 2.30 bits per heavy atom. The summed E-state index contributed by atoms with van der Waals surface area (Å²) in [4.78, 5) is 18.4. The molecule has 0 aliphatic carbocycles. The van der Waals surface area contributed by atoms with Gasteiger partial charge in [-0.2, -0.15) is 0 Å². The van der Waals surface area contributed by atoms with Crippen LogP contribution in [0.3, 0.4) is 0 Å². The third-order valence-corrected chi connectivity index (χ3v) is 3.97. The van der Waals surface area contributed by atoms with Gasteiger partial charge in [0.15, 0.2) is 0 Å². The number of ether oxygens (including phenoxy) is 1. The van der Waals surface area contributed by atoms with E-state index in [2.05, 4.69) is 9.55 Å². The van der Waals surface area contributed by atoms with Crippen molar-refractivity contribution in [2.24, 2.45) is 0 Å². The van der Waals surface area contributed by atoms with Crippen LogP contribution in [0, 0.1) is 5.82 Å². The molecule has 0 radical (unpaired) electrons. The summed E-state index contributed by atoms with van der Waals surface area (Å²) in [5.41, 5.74) is 0.482. The molecule has 0 spiro atoms. The Balaban J connectivity index is 1.54. The number of aryl methyl sites for hydroxylation is 2. The van der Waals surface area contributed by atoms with Crippen LogP contribution in [0.15, 0.2) is 30.5 Å². The molecule has 1 amide bonds. The summed E-state index contributed by atoms with van der Waals surface area (Å²) in [5, 5.41) is 0. The van der Waals surface area contributed by atoms with Gasteiger partial charge in [0, 0.05) is 32.3 Å². The lowest BCUT2D eigenvalue weighted by atomic mass is 10.2. The lowest BCUT2D eigenvalue weighted by Gasteiger charge is -2.16. The van der Waals surface area contributed by atoms with Crippen LogP contribution in [-0.2, 0) is 13.0 Å². The molecule has 1 aromatic heterocycles. The van der Waals surface area contributed by atoms with Crippen LogP contribution < -0.4 is 4.74 Å². The van der Waals surface area contributed by atoms with Gasteiger partial charge in [-0.3, -0.25) is 4.79 Å². The van der Waals surface area contributed by atoms with E-state index in [4.69, 9.17) is 4.74 Å². The number of halogens is 1. The van der Waals surface area contributed by atoms with Gasteiger partial charge in [-0.1, -0.05) is 6.07 Å². The Morgan fingerprint density at radius 3 is 3.09 bits per heavy atom. The number of aromatic nitrogens is 2. The van der Waals surface area contributed by atoms with Crippen molar-refractivity contribution in [1.29, 1.82) is 0 Å². The monoisotopic (exact) mass is 317 g/mol. The highest BCUT2D eigenvalue weighted by atomic mass is 19.1. The number of carbonyl (C=O) groups excluding carboxylic acids is 1. The van der Waals surface area contributed by atoms with E-state index in [-0.39, 0.29) is 11.7 Å². The van der Waals surface area contributed by atoms with Gasteiger partial charge in [0.2, 0.25) is 0 Å². The second kappa shape index (κ2) is 6.81. The van der Waals surface area contributed by atoms with Crippen molar-refractivity contribution in [3.63, 3.8) is 0 Å². The zero-order valence-corrected chi connectivity index (χ0v) is 13.2. The van der Waals surface area contributed by atoms with Gasteiger partial charge >= 0.3 is 0 Å². The molecule has 0 fully saturated rings. The molecule has 5 nitrogen and oxygen atoms in total. The van der Waals surface area contributed by atoms with Gasteiger partial charge < -0.3 is 14.2 Å². The number of fused-ring (bicyclic) bond motifs is 1. The van der Waals surface area contributed by atoms with Crippen LogP contribution in [0.1, 0.15) is 29.2 Å². The topological polar surface area (TPSA) is 47.4 Å². The smallest absolute Gasteiger partial charge is 0.273 e. The van der Waals surface area contributed by atoms with E-state index in [0.717, 1.165) is 31.6 Å². The van der Waals surface area contributed by atoms with Crippen LogP contribution in [0.2, 0.25) is 0 Å². The van der Waals surface area contributed by atoms with Crippen molar-refractivity contribution in [2.45, 2.75) is 25.8 Å². The molecule has 3 rings (SSSR count). The number of nitrogens with zero attached hydrogens (tertiary/aromatic N) is 3. The first-order chi connectivity index (χ1) is 11.1. The third-order valence-electron chi connectivity index (χ3n) is 3.97. The third kappa shape index (κ3) is 3.70. The first-order valence-corrected chi connectivity index (χ1v) is 7.83. The van der Waals surface area contributed by atoms with Gasteiger partial charge in [0.05, 0.1) is 6.54 Å². The quantitative estimate of drug-likeness (QED) is 0.851. The molecule has 1 aliphatic rings. The van der Waals surface area contributed by atoms with Crippen molar-refractivity contribution in [2.75, 3.05) is 20.2 Å². The van der Waals surface area contributed by atoms with Crippen LogP contribution in [-0.4, -0.2) is 40.6 Å². The number of imidazole rings is 1. The Bertz CT molecular complexity index is 675. The summed E-state index contributed by atoms with van der Waals surface area (Å²) in [6.07, 6.45) is 5.02. The molecule has 0 atom stereocenters. The van der Waals surface area contributed by atoms with Crippen molar-refractivity contribution < 1.29 is 13.9 Å². The lowest BCUT2D eigenvalue weighted by molar-refractivity contribution is 0.0768. The van der Waals surface area contributed by atoms with Crippen LogP contribution >= 0.6 is 0 Å². The highest BCUT2D eigenvalue weighted by molar-refractivity contribution is 5.92. The molecular weight excluding hydrogens is 297 g/mol. The number of amides is 1. The predicted octanol–water partition coefficient (Wildman–Crippen LogP) is 2.51. The Hall–Kier alpha value is -2.37. The fourth-order valence-electron chi connectivity index (χ4n) is 2.67. The number of benzene rings is 1. The van der Waals surface area contributed by atoms with E-state index in [1.807, 2.05) is 6.20 Å². The Kier molecular flexibility index (Phi) is 4.60. The van der Waals surface area contributed by atoms with Crippen molar-refractivity contribution in [3.05, 3.63) is 47.8 Å². The summed E-state index contributed by atoms with van der Waals surface area (Å²) < 4.78 is 20.6. The number of rotatable bonds is 5. The summed E-state index contributed by atoms with van der Waals surface area (Å²) in [6.45, 7) is 1.65. The Morgan fingerprint density at radius 1 is 1.43 bits per heavy atom. The molecule has 0 saturated carbocycles. The lowest BCUT2D eigenvalue weighted by Crippen LogP contribution is -2.31. The van der Waals surface area contributed by atoms with E-state index in [1.165, 1.54) is 12.1 Å². The number of likely N-dealkylation sites (N-methyl/N-ethyl adjacent to an activating group) is 1. The molecule has 23 heavy (non-hydrogen) atoms. The van der Waals surface area contributed by atoms with E-state index in [0.29, 0.717) is 24.6 Å². The molecule has 0 bridgehead atoms. The van der Waals surface area contributed by atoms with Crippen LogP contribution in [0.5, 0.6) is 5.75 Å². The van der Waals surface area contributed by atoms with Crippen molar-refractivity contribution in [1.82, 2.24) is 14.5 Å². The predicted molar refractivity (Wildman–Crippen MR) is 84.0 cm³/mol. The maximum Gasteiger partial charge on any atom is 0.273 e. The zero-order valence-electron chi connectivity index (χ0n) is 13.2. The van der Waals surface area contributed by atoms with E-state index < -0.39 is 0 Å². The van der Waals surface area contributed by atoms with E-state index in [9.17, 15) is 9.18 Å². The van der Waals surface area contributed by atoms with Gasteiger partial charge in [-0.15, -0.1) is 0 Å². The molecule has 0 unspecified atom stereocenters. The average molecular weight is 317 g/mol. The first-order valence-electron chi connectivity index (χ1n) is 7.83. The van der Waals surface area contributed by atoms with Crippen LogP contribution in [0.25, 0.3) is 0 Å². The fraction of sp³-hybridized carbons (Fsp3) is 0.412. The molecule has 1 aliphatic heterocycles. The van der Waals surface area contributed by atoms with Gasteiger partial charge in [-0.25, -0.2) is 9.37 Å². The summed E-state index contributed by atoms with van der Waals surface area (Å²) in [5.74, 6) is 0.998. The van der Waals surface area contributed by atoms with Crippen molar-refractivity contribution >= 4 is 5.91 Å². The van der Waals surface area contributed by atoms with Gasteiger partial charge in [0.1, 0.15) is 29.7 Å². The highest BCUT2D eigenvalue weighted by Crippen LogP contribution is 2.15. The highest BCUT2D eigenvalue weighted by Gasteiger charge is 2.19. The number of carbonyl (C=O) groups is 1. The van der Waals surface area contributed by atoms with E-state index >= 15 is 0 Å². The normalized spacial score (nSPS) is 13.5. The van der Waals surface area contributed by atoms with Gasteiger partial charge in [0.25, 0.3) is 5.91 Å². The molecule has 2 aromatic rings. The fourth-order valence-corrected chi connectivity index (χ4v) is 2.67. The molecule has 0 N–H and O–H groups in total. The minimum atomic E-state index is -0.337. The van der Waals surface area contributed by atoms with Crippen molar-refractivity contribution in [3.8, 4) is 5.75 Å². The maximum atomic E-state index is 13.1. The maximum absolute atomic E-state index is 13.1. The van der Waals surface area contributed by atoms with Crippen LogP contribution in [0.4, 0.5) is 4.39 Å². The number of hydrogen-bond donors (Lipinski definition) is 0. The SMILES string of the molecule is CN(CCOc1cccc(F)c1)C(=O)c1cn2c(n1)CCCC2. The molecule has 0 saturated heterocycles.